The molecule has 1 fully saturated rings. The number of benzene rings is 1. The highest BCUT2D eigenvalue weighted by Crippen LogP contribution is 2.49. The van der Waals surface area contributed by atoms with E-state index in [0.29, 0.717) is 5.41 Å². The van der Waals surface area contributed by atoms with E-state index in [4.69, 9.17) is 11.6 Å². The molecule has 0 amide bonds. The Balaban J connectivity index is 2.05. The van der Waals surface area contributed by atoms with Gasteiger partial charge in [-0.25, -0.2) is 0 Å². The van der Waals surface area contributed by atoms with E-state index >= 15 is 0 Å². The Bertz CT molecular complexity index is 392. The van der Waals surface area contributed by atoms with Crippen molar-refractivity contribution in [2.45, 2.75) is 50.4 Å². The van der Waals surface area contributed by atoms with Crippen LogP contribution in [0.1, 0.15) is 49.7 Å². The summed E-state index contributed by atoms with van der Waals surface area (Å²) in [7, 11) is 0. The second kappa shape index (κ2) is 4.65. The summed E-state index contributed by atoms with van der Waals surface area (Å²) in [4.78, 5) is 0. The van der Waals surface area contributed by atoms with E-state index in [9.17, 15) is 0 Å². The summed E-state index contributed by atoms with van der Waals surface area (Å²) in [5.41, 5.74) is 3.44. The van der Waals surface area contributed by atoms with E-state index < -0.39 is 0 Å². The number of hydrogen-bond donors (Lipinski definition) is 0. The molecule has 1 saturated carbocycles. The molecule has 1 aromatic rings. The summed E-state index contributed by atoms with van der Waals surface area (Å²) in [6, 6.07) is 9.03. The van der Waals surface area contributed by atoms with Gasteiger partial charge in [0.1, 0.15) is 0 Å². The van der Waals surface area contributed by atoms with Crippen LogP contribution >= 0.6 is 11.6 Å². The lowest BCUT2D eigenvalue weighted by Crippen LogP contribution is -2.39. The lowest BCUT2D eigenvalue weighted by atomic mass is 9.63. The topological polar surface area (TPSA) is 0 Å². The molecule has 3 rings (SSSR count). The standard InChI is InChI=1S/C16H21Cl/c17-12-16(14-8-2-3-9-14)11-5-7-13-6-1-4-10-15(13)16/h1,4,6,10,14H,2-3,5,7-9,11-12H2. The van der Waals surface area contributed by atoms with Gasteiger partial charge in [0.15, 0.2) is 0 Å². The Hall–Kier alpha value is -0.490. The zero-order valence-electron chi connectivity index (χ0n) is 10.4. The molecule has 1 aromatic carbocycles. The first-order valence-corrected chi connectivity index (χ1v) is 7.54. The van der Waals surface area contributed by atoms with E-state index in [1.165, 1.54) is 44.9 Å². The first-order valence-electron chi connectivity index (χ1n) is 7.01. The fourth-order valence-corrected chi connectivity index (χ4v) is 4.60. The Morgan fingerprint density at radius 2 is 1.88 bits per heavy atom. The van der Waals surface area contributed by atoms with Gasteiger partial charge in [-0.05, 0) is 49.1 Å². The molecule has 0 spiro atoms. The molecule has 0 saturated heterocycles. The van der Waals surface area contributed by atoms with Crippen molar-refractivity contribution in [3.63, 3.8) is 0 Å². The number of hydrogen-bond acceptors (Lipinski definition) is 0. The normalized spacial score (nSPS) is 29.2. The molecule has 2 aliphatic rings. The highest BCUT2D eigenvalue weighted by Gasteiger charge is 2.43. The fourth-order valence-electron chi connectivity index (χ4n) is 4.10. The maximum Gasteiger partial charge on any atom is 0.0323 e. The van der Waals surface area contributed by atoms with Gasteiger partial charge < -0.3 is 0 Å². The smallest absolute Gasteiger partial charge is 0.0323 e. The molecule has 1 heteroatoms. The Kier molecular flexibility index (Phi) is 3.17. The van der Waals surface area contributed by atoms with Crippen molar-refractivity contribution in [2.75, 3.05) is 5.88 Å². The summed E-state index contributed by atoms with van der Waals surface area (Å²) >= 11 is 6.44. The summed E-state index contributed by atoms with van der Waals surface area (Å²) in [6.07, 6.45) is 9.47. The molecular weight excluding hydrogens is 228 g/mol. The minimum Gasteiger partial charge on any atom is -0.126 e. The minimum atomic E-state index is 0.299. The van der Waals surface area contributed by atoms with Crippen LogP contribution in [0.4, 0.5) is 0 Å². The van der Waals surface area contributed by atoms with E-state index in [1.54, 1.807) is 11.1 Å². The van der Waals surface area contributed by atoms with Crippen LogP contribution < -0.4 is 0 Å². The number of alkyl halides is 1. The molecule has 1 atom stereocenters. The van der Waals surface area contributed by atoms with Gasteiger partial charge in [0.25, 0.3) is 0 Å². The highest BCUT2D eigenvalue weighted by atomic mass is 35.5. The SMILES string of the molecule is ClCC1(C2CCCC2)CCCc2ccccc21. The van der Waals surface area contributed by atoms with Gasteiger partial charge >= 0.3 is 0 Å². The van der Waals surface area contributed by atoms with Crippen LogP contribution in [0.15, 0.2) is 24.3 Å². The highest BCUT2D eigenvalue weighted by molar-refractivity contribution is 6.18. The van der Waals surface area contributed by atoms with Gasteiger partial charge in [-0.3, -0.25) is 0 Å². The fraction of sp³-hybridized carbons (Fsp3) is 0.625. The van der Waals surface area contributed by atoms with Gasteiger partial charge in [0.05, 0.1) is 0 Å². The minimum absolute atomic E-state index is 0.299. The molecule has 0 aliphatic heterocycles. The van der Waals surface area contributed by atoms with E-state index in [2.05, 4.69) is 24.3 Å². The molecule has 0 nitrogen and oxygen atoms in total. The molecule has 0 heterocycles. The summed E-state index contributed by atoms with van der Waals surface area (Å²) in [5.74, 6) is 1.65. The van der Waals surface area contributed by atoms with Gasteiger partial charge in [-0.2, -0.15) is 0 Å². The van der Waals surface area contributed by atoms with Crippen molar-refractivity contribution in [1.29, 1.82) is 0 Å². The zero-order valence-corrected chi connectivity index (χ0v) is 11.2. The first-order chi connectivity index (χ1) is 8.37. The van der Waals surface area contributed by atoms with Gasteiger partial charge in [0, 0.05) is 11.3 Å². The summed E-state index contributed by atoms with van der Waals surface area (Å²) < 4.78 is 0. The van der Waals surface area contributed by atoms with Crippen molar-refractivity contribution in [3.8, 4) is 0 Å². The van der Waals surface area contributed by atoms with Crippen LogP contribution in [0, 0.1) is 5.92 Å². The number of rotatable bonds is 2. The molecule has 2 aliphatic carbocycles. The molecule has 92 valence electrons. The third-order valence-electron chi connectivity index (χ3n) is 5.00. The lowest BCUT2D eigenvalue weighted by Gasteiger charge is -2.42. The Morgan fingerprint density at radius 1 is 1.12 bits per heavy atom. The zero-order chi connectivity index (χ0) is 11.7. The Morgan fingerprint density at radius 3 is 2.65 bits per heavy atom. The van der Waals surface area contributed by atoms with Crippen molar-refractivity contribution < 1.29 is 0 Å². The van der Waals surface area contributed by atoms with Crippen molar-refractivity contribution in [3.05, 3.63) is 35.4 Å². The van der Waals surface area contributed by atoms with Crippen molar-refractivity contribution >= 4 is 11.6 Å². The predicted octanol–water partition coefficient (Wildman–Crippen LogP) is 4.69. The van der Waals surface area contributed by atoms with E-state index in [0.717, 1.165) is 11.8 Å². The van der Waals surface area contributed by atoms with Crippen LogP contribution in [-0.2, 0) is 11.8 Å². The second-order valence-corrected chi connectivity index (χ2v) is 6.05. The van der Waals surface area contributed by atoms with Gasteiger partial charge in [0.2, 0.25) is 0 Å². The quantitative estimate of drug-likeness (QED) is 0.666. The van der Waals surface area contributed by atoms with Crippen molar-refractivity contribution in [2.24, 2.45) is 5.92 Å². The second-order valence-electron chi connectivity index (χ2n) is 5.78. The van der Waals surface area contributed by atoms with Crippen LogP contribution in [-0.4, -0.2) is 5.88 Å². The lowest BCUT2D eigenvalue weighted by molar-refractivity contribution is 0.262. The van der Waals surface area contributed by atoms with Crippen LogP contribution in [0.2, 0.25) is 0 Å². The summed E-state index contributed by atoms with van der Waals surface area (Å²) in [6.45, 7) is 0. The molecule has 0 aromatic heterocycles. The average molecular weight is 249 g/mol. The van der Waals surface area contributed by atoms with Crippen LogP contribution in [0.5, 0.6) is 0 Å². The number of halogens is 1. The van der Waals surface area contributed by atoms with Gasteiger partial charge in [-0.15, -0.1) is 11.6 Å². The van der Waals surface area contributed by atoms with Crippen molar-refractivity contribution in [1.82, 2.24) is 0 Å². The largest absolute Gasteiger partial charge is 0.126 e. The first kappa shape index (κ1) is 11.6. The molecule has 0 radical (unpaired) electrons. The maximum absolute atomic E-state index is 6.44. The van der Waals surface area contributed by atoms with Gasteiger partial charge in [-0.1, -0.05) is 37.1 Å². The maximum atomic E-state index is 6.44. The molecule has 0 bridgehead atoms. The van der Waals surface area contributed by atoms with E-state index in [-0.39, 0.29) is 0 Å². The number of fused-ring (bicyclic) bond motifs is 1. The molecule has 0 N–H and O–H groups in total. The molecular formula is C16H21Cl. The Labute approximate surface area is 109 Å². The van der Waals surface area contributed by atoms with Crippen LogP contribution in [0.3, 0.4) is 0 Å². The average Bonchev–Trinajstić information content (AvgIpc) is 2.92. The summed E-state index contributed by atoms with van der Waals surface area (Å²) in [5, 5.41) is 0. The third-order valence-corrected chi connectivity index (χ3v) is 5.47. The predicted molar refractivity (Wildman–Crippen MR) is 73.7 cm³/mol. The molecule has 1 unspecified atom stereocenters. The monoisotopic (exact) mass is 248 g/mol. The molecule has 17 heavy (non-hydrogen) atoms. The van der Waals surface area contributed by atoms with E-state index in [1.807, 2.05) is 0 Å². The third kappa shape index (κ3) is 1.81. The number of aryl methyl sites for hydroxylation is 1. The van der Waals surface area contributed by atoms with Crippen LogP contribution in [0.25, 0.3) is 0 Å².